The molecule has 6 unspecified atom stereocenters. The molecule has 7 rings (SSSR count). The van der Waals surface area contributed by atoms with E-state index in [1.165, 1.54) is 11.3 Å². The topological polar surface area (TPSA) is 117 Å². The Morgan fingerprint density at radius 2 is 1.77 bits per heavy atom. The Hall–Kier alpha value is -3.08. The van der Waals surface area contributed by atoms with Crippen molar-refractivity contribution in [3.8, 4) is 5.75 Å². The van der Waals surface area contributed by atoms with Crippen molar-refractivity contribution in [1.82, 2.24) is 9.88 Å². The number of ether oxygens (including phenoxy) is 1. The summed E-state index contributed by atoms with van der Waals surface area (Å²) < 4.78 is 6.32. The number of aromatic nitrogens is 1. The van der Waals surface area contributed by atoms with Gasteiger partial charge in [0, 0.05) is 26.6 Å². The van der Waals surface area contributed by atoms with Gasteiger partial charge in [-0.25, -0.2) is 0 Å². The number of hydrogen-bond donors (Lipinski definition) is 2. The van der Waals surface area contributed by atoms with Crippen molar-refractivity contribution in [2.75, 3.05) is 6.54 Å². The van der Waals surface area contributed by atoms with Crippen molar-refractivity contribution in [3.63, 3.8) is 0 Å². The van der Waals surface area contributed by atoms with Crippen LogP contribution in [0.4, 0.5) is 0 Å². The number of hydrogen-bond acceptors (Lipinski definition) is 7. The van der Waals surface area contributed by atoms with Crippen LogP contribution in [0.15, 0.2) is 58.4 Å². The Morgan fingerprint density at radius 3 is 2.51 bits per heavy atom. The molecule has 1 saturated heterocycles. The number of nitrogens with zero attached hydrogens (tertiary/aromatic N) is 1. The molecule has 3 fully saturated rings. The highest BCUT2D eigenvalue weighted by Crippen LogP contribution is 2.69. The average Bonchev–Trinajstić information content (AvgIpc) is 3.64. The van der Waals surface area contributed by atoms with Crippen molar-refractivity contribution < 1.29 is 24.2 Å². The zero-order chi connectivity index (χ0) is 27.0. The van der Waals surface area contributed by atoms with E-state index in [9.17, 15) is 24.3 Å². The first kappa shape index (κ1) is 24.9. The normalized spacial score (nSPS) is 30.3. The molecule has 11 heteroatoms. The monoisotopic (exact) mass is 582 g/mol. The molecule has 39 heavy (non-hydrogen) atoms. The van der Waals surface area contributed by atoms with Crippen LogP contribution in [0.3, 0.4) is 0 Å². The third-order valence-corrected chi connectivity index (χ3v) is 11.5. The molecule has 0 spiro atoms. The molecule has 200 valence electrons. The number of thioether (sulfide) groups is 1. The number of carbonyl (C=O) groups is 3. The number of nitrogens with one attached hydrogen (secondary N) is 1. The van der Waals surface area contributed by atoms with Crippen LogP contribution in [-0.2, 0) is 21.0 Å². The van der Waals surface area contributed by atoms with Gasteiger partial charge in [-0.05, 0) is 47.9 Å². The SMILES string of the molecule is O=C(O)CN1C(=O)C2C3CC(C2C1=O)C1C3Sc2[nH]c(=O)sc2[C@@H]1c1ccccc1OCc1ccc(Cl)cc1. The van der Waals surface area contributed by atoms with E-state index >= 15 is 0 Å². The fraction of sp³-hybridized carbons (Fsp3) is 0.357. The molecule has 3 aromatic rings. The van der Waals surface area contributed by atoms with Gasteiger partial charge in [0.15, 0.2) is 0 Å². The molecule has 2 bridgehead atoms. The Kier molecular flexibility index (Phi) is 5.91. The summed E-state index contributed by atoms with van der Waals surface area (Å²) in [6, 6.07) is 15.3. The third kappa shape index (κ3) is 3.87. The summed E-state index contributed by atoms with van der Waals surface area (Å²) in [5, 5.41) is 10.8. The number of thiazole rings is 1. The number of benzene rings is 2. The minimum absolute atomic E-state index is 0.00186. The molecule has 2 aliphatic heterocycles. The maximum Gasteiger partial charge on any atom is 0.323 e. The van der Waals surface area contributed by atoms with Crippen LogP contribution < -0.4 is 9.61 Å². The second-order valence-electron chi connectivity index (χ2n) is 10.6. The van der Waals surface area contributed by atoms with Gasteiger partial charge in [0.2, 0.25) is 11.8 Å². The summed E-state index contributed by atoms with van der Waals surface area (Å²) in [5.74, 6) is -2.60. The predicted octanol–water partition coefficient (Wildman–Crippen LogP) is 4.23. The number of carboxylic acids is 1. The minimum atomic E-state index is -1.19. The fourth-order valence-corrected chi connectivity index (χ4v) is 10.3. The number of para-hydroxylation sites is 1. The molecule has 2 saturated carbocycles. The van der Waals surface area contributed by atoms with Crippen molar-refractivity contribution in [1.29, 1.82) is 0 Å². The number of imide groups is 1. The lowest BCUT2D eigenvalue weighted by molar-refractivity contribution is -0.149. The second kappa shape index (κ2) is 9.25. The van der Waals surface area contributed by atoms with E-state index in [2.05, 4.69) is 4.98 Å². The first-order chi connectivity index (χ1) is 18.8. The molecule has 2 amide bonds. The highest BCUT2D eigenvalue weighted by molar-refractivity contribution is 8.00. The van der Waals surface area contributed by atoms with Gasteiger partial charge in [-0.3, -0.25) is 24.1 Å². The number of fused-ring (bicyclic) bond motifs is 9. The number of aromatic amines is 1. The molecule has 2 aromatic carbocycles. The maximum absolute atomic E-state index is 13.4. The summed E-state index contributed by atoms with van der Waals surface area (Å²) in [7, 11) is 0. The molecular weight excluding hydrogens is 560 g/mol. The zero-order valence-electron chi connectivity index (χ0n) is 20.4. The van der Waals surface area contributed by atoms with Crippen molar-refractivity contribution in [2.45, 2.75) is 29.2 Å². The second-order valence-corrected chi connectivity index (χ2v) is 13.2. The average molecular weight is 583 g/mol. The lowest BCUT2D eigenvalue weighted by Crippen LogP contribution is -2.42. The molecular formula is C28H23ClN2O6S2. The number of rotatable bonds is 6. The van der Waals surface area contributed by atoms with Crippen LogP contribution in [-0.4, -0.2) is 44.6 Å². The fourth-order valence-electron chi connectivity index (χ4n) is 7.33. The summed E-state index contributed by atoms with van der Waals surface area (Å²) >= 11 is 8.82. The van der Waals surface area contributed by atoms with E-state index in [1.54, 1.807) is 11.8 Å². The lowest BCUT2D eigenvalue weighted by Gasteiger charge is -2.43. The van der Waals surface area contributed by atoms with Crippen molar-refractivity contribution >= 4 is 52.5 Å². The van der Waals surface area contributed by atoms with Gasteiger partial charge >= 0.3 is 10.8 Å². The van der Waals surface area contributed by atoms with E-state index in [4.69, 9.17) is 16.3 Å². The first-order valence-electron chi connectivity index (χ1n) is 12.7. The number of H-pyrrole nitrogens is 1. The number of carboxylic acid groups (broad SMARTS) is 1. The smallest absolute Gasteiger partial charge is 0.323 e. The van der Waals surface area contributed by atoms with Gasteiger partial charge in [-0.15, -0.1) is 11.8 Å². The van der Waals surface area contributed by atoms with E-state index in [0.29, 0.717) is 17.4 Å². The number of carbonyl (C=O) groups excluding carboxylic acids is 2. The van der Waals surface area contributed by atoms with Gasteiger partial charge in [-0.1, -0.05) is 53.3 Å². The first-order valence-corrected chi connectivity index (χ1v) is 14.8. The van der Waals surface area contributed by atoms with Gasteiger partial charge in [-0.2, -0.15) is 0 Å². The van der Waals surface area contributed by atoms with Gasteiger partial charge in [0.1, 0.15) is 18.9 Å². The molecule has 3 heterocycles. The molecule has 1 aromatic heterocycles. The Morgan fingerprint density at radius 1 is 1.05 bits per heavy atom. The lowest BCUT2D eigenvalue weighted by atomic mass is 9.68. The van der Waals surface area contributed by atoms with Crippen LogP contribution >= 0.6 is 34.7 Å². The highest BCUT2D eigenvalue weighted by atomic mass is 35.5. The molecule has 2 N–H and O–H groups in total. The zero-order valence-corrected chi connectivity index (χ0v) is 22.8. The van der Waals surface area contributed by atoms with Crippen molar-refractivity contribution in [3.05, 3.63) is 79.2 Å². The minimum Gasteiger partial charge on any atom is -0.489 e. The molecule has 8 nitrogen and oxygen atoms in total. The van der Waals surface area contributed by atoms with E-state index in [1.807, 2.05) is 48.5 Å². The van der Waals surface area contributed by atoms with Crippen LogP contribution in [0.25, 0.3) is 0 Å². The van der Waals surface area contributed by atoms with Crippen molar-refractivity contribution in [2.24, 2.45) is 29.6 Å². The van der Waals surface area contributed by atoms with Gasteiger partial charge in [0.25, 0.3) is 0 Å². The number of likely N-dealkylation sites (tertiary alicyclic amines) is 1. The van der Waals surface area contributed by atoms with Gasteiger partial charge < -0.3 is 14.8 Å². The summed E-state index contributed by atoms with van der Waals surface area (Å²) in [6.45, 7) is -0.258. The summed E-state index contributed by atoms with van der Waals surface area (Å²) in [4.78, 5) is 55.3. The van der Waals surface area contributed by atoms with E-state index < -0.39 is 24.3 Å². The third-order valence-electron chi connectivity index (χ3n) is 8.67. The molecule has 4 aliphatic rings. The van der Waals surface area contributed by atoms with E-state index in [0.717, 1.165) is 32.4 Å². The highest BCUT2D eigenvalue weighted by Gasteiger charge is 2.69. The Bertz CT molecular complexity index is 1570. The number of aliphatic carboxylic acids is 1. The summed E-state index contributed by atoms with van der Waals surface area (Å²) in [5.41, 5.74) is 1.91. The molecule has 0 radical (unpaired) electrons. The van der Waals surface area contributed by atoms with Crippen LogP contribution in [0.5, 0.6) is 5.75 Å². The molecule has 7 atom stereocenters. The number of amides is 2. The largest absolute Gasteiger partial charge is 0.489 e. The van der Waals surface area contributed by atoms with Crippen LogP contribution in [0.1, 0.15) is 28.3 Å². The van der Waals surface area contributed by atoms with E-state index in [-0.39, 0.29) is 45.6 Å². The molecule has 2 aliphatic carbocycles. The predicted molar refractivity (Wildman–Crippen MR) is 145 cm³/mol. The van der Waals surface area contributed by atoms with Crippen LogP contribution in [0, 0.1) is 29.6 Å². The standard InChI is InChI=1S/C28H23ClN2O6S2/c29-13-7-5-12(6-8-13)11-37-17-4-2-1-3-14(17)19-20-15-9-16(23(20)38-25-24(19)39-28(36)30-25)22-21(15)26(34)31(27(22)35)10-18(32)33/h1-8,15-16,19-23H,9-11H2,(H,30,36)(H,32,33)/t15?,16?,19-,20?,21?,22?,23?/m1/s1. The summed E-state index contributed by atoms with van der Waals surface area (Å²) in [6.07, 6.45) is 0.736. The van der Waals surface area contributed by atoms with Crippen LogP contribution in [0.2, 0.25) is 5.02 Å². The Balaban J connectivity index is 1.28. The number of halogens is 1. The maximum atomic E-state index is 13.4. The van der Waals surface area contributed by atoms with Gasteiger partial charge in [0.05, 0.1) is 16.9 Å². The Labute approximate surface area is 236 Å². The quantitative estimate of drug-likeness (QED) is 0.418.